The Balaban J connectivity index is 2.46. The molecule has 162 valence electrons. The molecular formula is C26H34O4. The lowest BCUT2D eigenvalue weighted by Crippen LogP contribution is -2.20. The largest absolute Gasteiger partial charge is 0.478 e. The average molecular weight is 411 g/mol. The summed E-state index contributed by atoms with van der Waals surface area (Å²) in [6, 6.07) is 11.8. The van der Waals surface area contributed by atoms with Crippen LogP contribution in [-0.4, -0.2) is 17.4 Å². The first kappa shape index (κ1) is 23.7. The zero-order valence-corrected chi connectivity index (χ0v) is 18.6. The molecule has 1 unspecified atom stereocenters. The topological polar surface area (TPSA) is 63.6 Å². The maximum absolute atomic E-state index is 12.1. The number of ether oxygens (including phenoxy) is 1. The third kappa shape index (κ3) is 6.19. The standard InChI is InChI=1S/C26H34O4/c1-5-8-22-16-19(10-7-15-27)17-23(9-6-2)24(22)30-25(26(28)29)21-13-11-20(12-14-21)18(3)4/h11-18,25H,5-10H2,1-4H3,(H,28,29). The molecule has 0 amide bonds. The van der Waals surface area contributed by atoms with Gasteiger partial charge in [0.05, 0.1) is 0 Å². The van der Waals surface area contributed by atoms with Crippen LogP contribution >= 0.6 is 0 Å². The van der Waals surface area contributed by atoms with Gasteiger partial charge in [-0.2, -0.15) is 0 Å². The Morgan fingerprint density at radius 3 is 1.93 bits per heavy atom. The lowest BCUT2D eigenvalue weighted by molar-refractivity contribution is -0.145. The van der Waals surface area contributed by atoms with Crippen molar-refractivity contribution in [3.05, 3.63) is 64.2 Å². The molecule has 0 saturated carbocycles. The first-order valence-corrected chi connectivity index (χ1v) is 11.0. The van der Waals surface area contributed by atoms with Gasteiger partial charge in [0.15, 0.2) is 0 Å². The summed E-state index contributed by atoms with van der Waals surface area (Å²) in [6.45, 7) is 8.42. The second kappa shape index (κ2) is 11.5. The SMILES string of the molecule is CCCc1cc(CCC=O)cc(CCC)c1OC(C(=O)O)c1ccc(C(C)C)cc1. The molecule has 0 saturated heterocycles. The van der Waals surface area contributed by atoms with Crippen LogP contribution in [0.4, 0.5) is 0 Å². The van der Waals surface area contributed by atoms with E-state index in [1.165, 1.54) is 5.56 Å². The van der Waals surface area contributed by atoms with Gasteiger partial charge in [-0.3, -0.25) is 0 Å². The minimum Gasteiger partial charge on any atom is -0.478 e. The normalized spacial score (nSPS) is 12.0. The van der Waals surface area contributed by atoms with Crippen molar-refractivity contribution in [3.8, 4) is 5.75 Å². The van der Waals surface area contributed by atoms with Gasteiger partial charge in [-0.15, -0.1) is 0 Å². The number of hydrogen-bond acceptors (Lipinski definition) is 3. The van der Waals surface area contributed by atoms with Crippen LogP contribution in [0.2, 0.25) is 0 Å². The van der Waals surface area contributed by atoms with E-state index in [-0.39, 0.29) is 0 Å². The van der Waals surface area contributed by atoms with E-state index >= 15 is 0 Å². The Morgan fingerprint density at radius 1 is 0.967 bits per heavy atom. The number of carbonyl (C=O) groups excluding carboxylic acids is 1. The lowest BCUT2D eigenvalue weighted by Gasteiger charge is -2.22. The number of aryl methyl sites for hydroxylation is 3. The molecule has 0 aliphatic carbocycles. The van der Waals surface area contributed by atoms with E-state index < -0.39 is 12.1 Å². The van der Waals surface area contributed by atoms with Gasteiger partial charge in [-0.25, -0.2) is 4.79 Å². The van der Waals surface area contributed by atoms with Crippen molar-refractivity contribution < 1.29 is 19.4 Å². The lowest BCUT2D eigenvalue weighted by atomic mass is 9.95. The van der Waals surface area contributed by atoms with Crippen molar-refractivity contribution >= 4 is 12.3 Å². The van der Waals surface area contributed by atoms with E-state index in [0.29, 0.717) is 30.1 Å². The van der Waals surface area contributed by atoms with Crippen LogP contribution in [0.15, 0.2) is 36.4 Å². The quantitative estimate of drug-likeness (QED) is 0.433. The van der Waals surface area contributed by atoms with Crippen molar-refractivity contribution in [1.82, 2.24) is 0 Å². The number of benzene rings is 2. The van der Waals surface area contributed by atoms with Gasteiger partial charge >= 0.3 is 5.97 Å². The molecule has 4 nitrogen and oxygen atoms in total. The number of aliphatic carboxylic acids is 1. The predicted molar refractivity (Wildman–Crippen MR) is 120 cm³/mol. The molecule has 0 fully saturated rings. The highest BCUT2D eigenvalue weighted by Crippen LogP contribution is 2.33. The highest BCUT2D eigenvalue weighted by atomic mass is 16.5. The predicted octanol–water partition coefficient (Wildman–Crippen LogP) is 6.05. The maximum atomic E-state index is 12.1. The molecule has 0 aromatic heterocycles. The Labute approximate surface area is 180 Å². The molecule has 0 bridgehead atoms. The summed E-state index contributed by atoms with van der Waals surface area (Å²) >= 11 is 0. The molecule has 0 aliphatic heterocycles. The Kier molecular flexibility index (Phi) is 9.10. The number of carbonyl (C=O) groups is 2. The van der Waals surface area contributed by atoms with Gasteiger partial charge in [0.2, 0.25) is 6.10 Å². The Bertz CT molecular complexity index is 810. The first-order chi connectivity index (χ1) is 14.4. The molecule has 1 N–H and O–H groups in total. The van der Waals surface area contributed by atoms with E-state index in [1.54, 1.807) is 0 Å². The van der Waals surface area contributed by atoms with Crippen LogP contribution in [0.5, 0.6) is 5.75 Å². The number of hydrogen-bond donors (Lipinski definition) is 1. The molecule has 2 rings (SSSR count). The van der Waals surface area contributed by atoms with E-state index in [4.69, 9.17) is 4.74 Å². The van der Waals surface area contributed by atoms with Gasteiger partial charge in [0.25, 0.3) is 0 Å². The molecule has 1 atom stereocenters. The average Bonchev–Trinajstić information content (AvgIpc) is 2.72. The number of aldehydes is 1. The zero-order chi connectivity index (χ0) is 22.1. The molecular weight excluding hydrogens is 376 g/mol. The fraction of sp³-hybridized carbons (Fsp3) is 0.462. The van der Waals surface area contributed by atoms with Crippen LogP contribution in [0.25, 0.3) is 0 Å². The number of carboxylic acids is 1. The van der Waals surface area contributed by atoms with Crippen LogP contribution in [0.1, 0.15) is 86.8 Å². The minimum atomic E-state index is -1.06. The summed E-state index contributed by atoms with van der Waals surface area (Å²) < 4.78 is 6.22. The third-order valence-corrected chi connectivity index (χ3v) is 5.26. The Morgan fingerprint density at radius 2 is 1.50 bits per heavy atom. The van der Waals surface area contributed by atoms with Crippen LogP contribution in [0.3, 0.4) is 0 Å². The van der Waals surface area contributed by atoms with Gasteiger partial charge in [-0.05, 0) is 47.4 Å². The maximum Gasteiger partial charge on any atom is 0.349 e. The second-order valence-electron chi connectivity index (χ2n) is 8.11. The van der Waals surface area contributed by atoms with Crippen LogP contribution in [-0.2, 0) is 28.9 Å². The fourth-order valence-electron chi connectivity index (χ4n) is 3.69. The minimum absolute atomic E-state index is 0.384. The van der Waals surface area contributed by atoms with Gasteiger partial charge in [-0.1, -0.05) is 76.9 Å². The molecule has 0 spiro atoms. The second-order valence-corrected chi connectivity index (χ2v) is 8.11. The number of rotatable bonds is 12. The molecule has 0 heterocycles. The summed E-state index contributed by atoms with van der Waals surface area (Å²) in [4.78, 5) is 22.9. The van der Waals surface area contributed by atoms with E-state index in [9.17, 15) is 14.7 Å². The van der Waals surface area contributed by atoms with Crippen molar-refractivity contribution in [2.75, 3.05) is 0 Å². The highest BCUT2D eigenvalue weighted by Gasteiger charge is 2.25. The van der Waals surface area contributed by atoms with Gasteiger partial charge < -0.3 is 14.6 Å². The molecule has 0 aliphatic rings. The van der Waals surface area contributed by atoms with Crippen LogP contribution in [0, 0.1) is 0 Å². The molecule has 2 aromatic rings. The van der Waals surface area contributed by atoms with Crippen molar-refractivity contribution in [2.24, 2.45) is 0 Å². The summed E-state index contributed by atoms with van der Waals surface area (Å²) in [5, 5.41) is 9.91. The van der Waals surface area contributed by atoms with Crippen molar-refractivity contribution in [3.63, 3.8) is 0 Å². The summed E-state index contributed by atoms with van der Waals surface area (Å²) in [7, 11) is 0. The highest BCUT2D eigenvalue weighted by molar-refractivity contribution is 5.75. The molecule has 4 heteroatoms. The summed E-state index contributed by atoms with van der Waals surface area (Å²) in [5.74, 6) is 0.0746. The Hall–Kier alpha value is -2.62. The smallest absolute Gasteiger partial charge is 0.349 e. The monoisotopic (exact) mass is 410 g/mol. The first-order valence-electron chi connectivity index (χ1n) is 11.0. The van der Waals surface area contributed by atoms with Gasteiger partial charge in [0, 0.05) is 12.0 Å². The van der Waals surface area contributed by atoms with Crippen molar-refractivity contribution in [2.45, 2.75) is 78.2 Å². The van der Waals surface area contributed by atoms with Gasteiger partial charge in [0.1, 0.15) is 12.0 Å². The molecule has 30 heavy (non-hydrogen) atoms. The molecule has 0 radical (unpaired) electrons. The fourth-order valence-corrected chi connectivity index (χ4v) is 3.69. The summed E-state index contributed by atoms with van der Waals surface area (Å²) in [5.41, 5.74) is 4.96. The van der Waals surface area contributed by atoms with Crippen LogP contribution < -0.4 is 4.74 Å². The van der Waals surface area contributed by atoms with E-state index in [2.05, 4.69) is 39.8 Å². The number of carboxylic acid groups (broad SMARTS) is 1. The summed E-state index contributed by atoms with van der Waals surface area (Å²) in [6.07, 6.45) is 4.52. The van der Waals surface area contributed by atoms with Crippen molar-refractivity contribution in [1.29, 1.82) is 0 Å². The molecule has 2 aromatic carbocycles. The zero-order valence-electron chi connectivity index (χ0n) is 18.6. The van der Waals surface area contributed by atoms with E-state index in [1.807, 2.05) is 24.3 Å². The third-order valence-electron chi connectivity index (χ3n) is 5.26. The van der Waals surface area contributed by atoms with E-state index in [0.717, 1.165) is 48.7 Å².